The second-order valence-corrected chi connectivity index (χ2v) is 9.82. The zero-order valence-electron chi connectivity index (χ0n) is 16.4. The van der Waals surface area contributed by atoms with Gasteiger partial charge in [-0.1, -0.05) is 36.2 Å². The van der Waals surface area contributed by atoms with Crippen LogP contribution in [0.4, 0.5) is 5.69 Å². The molecule has 0 bridgehead atoms. The molecule has 0 unspecified atom stereocenters. The van der Waals surface area contributed by atoms with Crippen LogP contribution in [0.2, 0.25) is 5.02 Å². The molecule has 0 radical (unpaired) electrons. The lowest BCUT2D eigenvalue weighted by Gasteiger charge is -2.31. The number of anilines is 1. The van der Waals surface area contributed by atoms with Crippen LogP contribution in [0.1, 0.15) is 35.7 Å². The third-order valence-corrected chi connectivity index (χ3v) is 7.30. The Morgan fingerprint density at radius 1 is 1.18 bits per heavy atom. The summed E-state index contributed by atoms with van der Waals surface area (Å²) in [5.41, 5.74) is 1.72. The molecule has 1 heterocycles. The van der Waals surface area contributed by atoms with Gasteiger partial charge in [-0.2, -0.15) is 0 Å². The van der Waals surface area contributed by atoms with Gasteiger partial charge in [-0.3, -0.25) is 9.10 Å². The molecule has 1 atom stereocenters. The van der Waals surface area contributed by atoms with Crippen molar-refractivity contribution in [3.63, 3.8) is 0 Å². The van der Waals surface area contributed by atoms with E-state index >= 15 is 0 Å². The molecule has 1 saturated heterocycles. The Hall–Kier alpha value is -2.05. The molecular weight excluding hydrogens is 396 g/mol. The number of amides is 1. The van der Waals surface area contributed by atoms with E-state index in [0.29, 0.717) is 35.3 Å². The van der Waals surface area contributed by atoms with Gasteiger partial charge in [0, 0.05) is 20.1 Å². The van der Waals surface area contributed by atoms with Crippen molar-refractivity contribution < 1.29 is 13.2 Å². The van der Waals surface area contributed by atoms with E-state index in [2.05, 4.69) is 6.92 Å². The summed E-state index contributed by atoms with van der Waals surface area (Å²) in [5.74, 6) is 0.295. The third kappa shape index (κ3) is 4.18. The lowest BCUT2D eigenvalue weighted by atomic mass is 9.99. The van der Waals surface area contributed by atoms with Gasteiger partial charge in [0.1, 0.15) is 0 Å². The van der Waals surface area contributed by atoms with Gasteiger partial charge in [0.2, 0.25) is 0 Å². The van der Waals surface area contributed by atoms with E-state index in [0.717, 1.165) is 18.4 Å². The number of aryl methyl sites for hydroxylation is 1. The molecule has 0 N–H and O–H groups in total. The number of sulfonamides is 1. The van der Waals surface area contributed by atoms with Gasteiger partial charge < -0.3 is 4.90 Å². The van der Waals surface area contributed by atoms with Crippen LogP contribution in [0.15, 0.2) is 47.4 Å². The number of benzene rings is 2. The standard InChI is InChI=1S/C21H25ClN2O3S/c1-15-6-9-18(10-7-15)28(26,27)23(3)17-8-11-20(22)19(13-17)21(25)24-12-4-5-16(2)14-24/h6-11,13,16H,4-5,12,14H2,1-3H3/t16-/m0/s1. The van der Waals surface area contributed by atoms with Crippen LogP contribution in [0.5, 0.6) is 0 Å². The summed E-state index contributed by atoms with van der Waals surface area (Å²) in [6, 6.07) is 11.4. The third-order valence-electron chi connectivity index (χ3n) is 5.17. The Morgan fingerprint density at radius 2 is 1.86 bits per heavy atom. The van der Waals surface area contributed by atoms with E-state index in [1.165, 1.54) is 11.4 Å². The van der Waals surface area contributed by atoms with Crippen LogP contribution >= 0.6 is 11.6 Å². The number of halogens is 1. The smallest absolute Gasteiger partial charge is 0.264 e. The maximum atomic E-state index is 13.0. The van der Waals surface area contributed by atoms with Crippen molar-refractivity contribution in [3.05, 3.63) is 58.6 Å². The predicted molar refractivity (Wildman–Crippen MR) is 113 cm³/mol. The summed E-state index contributed by atoms with van der Waals surface area (Å²) in [6.45, 7) is 5.41. The lowest BCUT2D eigenvalue weighted by Crippen LogP contribution is -2.39. The number of nitrogens with zero attached hydrogens (tertiary/aromatic N) is 2. The maximum Gasteiger partial charge on any atom is 0.264 e. The molecule has 1 aliphatic heterocycles. The molecule has 2 aromatic carbocycles. The summed E-state index contributed by atoms with van der Waals surface area (Å²) < 4.78 is 27.1. The minimum absolute atomic E-state index is 0.153. The van der Waals surface area contributed by atoms with Crippen molar-refractivity contribution in [2.45, 2.75) is 31.6 Å². The van der Waals surface area contributed by atoms with Crippen molar-refractivity contribution in [3.8, 4) is 0 Å². The topological polar surface area (TPSA) is 57.7 Å². The number of carbonyl (C=O) groups excluding carboxylic acids is 1. The first kappa shape index (κ1) is 20.7. The molecule has 0 saturated carbocycles. The fourth-order valence-corrected chi connectivity index (χ4v) is 4.81. The number of piperidine rings is 1. The highest BCUT2D eigenvalue weighted by Crippen LogP contribution is 2.29. The summed E-state index contributed by atoms with van der Waals surface area (Å²) in [4.78, 5) is 15.0. The number of rotatable bonds is 4. The van der Waals surface area contributed by atoms with Crippen LogP contribution in [-0.2, 0) is 10.0 Å². The van der Waals surface area contributed by atoms with E-state index in [-0.39, 0.29) is 10.8 Å². The molecule has 28 heavy (non-hydrogen) atoms. The molecule has 1 aliphatic rings. The second kappa shape index (κ2) is 8.13. The molecule has 0 aromatic heterocycles. The minimum atomic E-state index is -3.73. The molecule has 3 rings (SSSR count). The monoisotopic (exact) mass is 420 g/mol. The normalized spacial score (nSPS) is 17.4. The molecule has 1 amide bonds. The largest absolute Gasteiger partial charge is 0.338 e. The van der Waals surface area contributed by atoms with E-state index in [1.54, 1.807) is 47.4 Å². The fourth-order valence-electron chi connectivity index (χ4n) is 3.42. The summed E-state index contributed by atoms with van der Waals surface area (Å²) in [6.07, 6.45) is 2.07. The Bertz CT molecular complexity index is 974. The predicted octanol–water partition coefficient (Wildman–Crippen LogP) is 4.35. The minimum Gasteiger partial charge on any atom is -0.338 e. The van der Waals surface area contributed by atoms with Crippen LogP contribution in [0.3, 0.4) is 0 Å². The van der Waals surface area contributed by atoms with Crippen molar-refractivity contribution in [2.24, 2.45) is 5.92 Å². The second-order valence-electron chi connectivity index (χ2n) is 7.45. The number of likely N-dealkylation sites (tertiary alicyclic amines) is 1. The highest BCUT2D eigenvalue weighted by atomic mass is 35.5. The maximum absolute atomic E-state index is 13.0. The van der Waals surface area contributed by atoms with Gasteiger partial charge in [-0.15, -0.1) is 0 Å². The average Bonchev–Trinajstić information content (AvgIpc) is 2.67. The first-order valence-corrected chi connectivity index (χ1v) is 11.2. The zero-order valence-corrected chi connectivity index (χ0v) is 17.9. The Balaban J connectivity index is 1.92. The Kier molecular flexibility index (Phi) is 6.01. The Morgan fingerprint density at radius 3 is 2.50 bits per heavy atom. The van der Waals surface area contributed by atoms with Crippen LogP contribution in [-0.4, -0.2) is 39.4 Å². The van der Waals surface area contributed by atoms with Gasteiger partial charge in [-0.05, 0) is 56.0 Å². The lowest BCUT2D eigenvalue weighted by molar-refractivity contribution is 0.0683. The fraction of sp³-hybridized carbons (Fsp3) is 0.381. The van der Waals surface area contributed by atoms with Gasteiger partial charge in [0.05, 0.1) is 21.2 Å². The number of carbonyl (C=O) groups is 1. The molecular formula is C21H25ClN2O3S. The van der Waals surface area contributed by atoms with E-state index in [9.17, 15) is 13.2 Å². The first-order chi connectivity index (χ1) is 13.2. The van der Waals surface area contributed by atoms with Crippen molar-refractivity contribution in [1.82, 2.24) is 4.90 Å². The average molecular weight is 421 g/mol. The van der Waals surface area contributed by atoms with Crippen molar-refractivity contribution in [1.29, 1.82) is 0 Å². The SMILES string of the molecule is Cc1ccc(S(=O)(=O)N(C)c2ccc(Cl)c(C(=O)N3CCC[C@H](C)C3)c2)cc1. The highest BCUT2D eigenvalue weighted by molar-refractivity contribution is 7.92. The quantitative estimate of drug-likeness (QED) is 0.738. The van der Waals surface area contributed by atoms with Gasteiger partial charge in [0.25, 0.3) is 15.9 Å². The summed E-state index contributed by atoms with van der Waals surface area (Å²) in [5, 5.41) is 0.327. The molecule has 0 spiro atoms. The number of hydrogen-bond donors (Lipinski definition) is 0. The molecule has 2 aromatic rings. The summed E-state index contributed by atoms with van der Waals surface area (Å²) >= 11 is 6.28. The van der Waals surface area contributed by atoms with Gasteiger partial charge in [-0.25, -0.2) is 8.42 Å². The van der Waals surface area contributed by atoms with Crippen LogP contribution in [0.25, 0.3) is 0 Å². The van der Waals surface area contributed by atoms with Gasteiger partial charge >= 0.3 is 0 Å². The Labute approximate surface area is 172 Å². The van der Waals surface area contributed by atoms with Crippen molar-refractivity contribution >= 4 is 33.2 Å². The first-order valence-electron chi connectivity index (χ1n) is 9.34. The zero-order chi connectivity index (χ0) is 20.5. The van der Waals surface area contributed by atoms with E-state index in [1.807, 2.05) is 6.92 Å². The number of hydrogen-bond acceptors (Lipinski definition) is 3. The molecule has 7 heteroatoms. The van der Waals surface area contributed by atoms with E-state index < -0.39 is 10.0 Å². The van der Waals surface area contributed by atoms with Crippen molar-refractivity contribution in [2.75, 3.05) is 24.4 Å². The van der Waals surface area contributed by atoms with Crippen LogP contribution in [0, 0.1) is 12.8 Å². The van der Waals surface area contributed by atoms with Crippen LogP contribution < -0.4 is 4.31 Å². The molecule has 1 fully saturated rings. The molecule has 0 aliphatic carbocycles. The highest BCUT2D eigenvalue weighted by Gasteiger charge is 2.26. The van der Waals surface area contributed by atoms with E-state index in [4.69, 9.17) is 11.6 Å². The van der Waals surface area contributed by atoms with Gasteiger partial charge in [0.15, 0.2) is 0 Å². The molecule has 5 nitrogen and oxygen atoms in total. The molecule has 150 valence electrons. The summed E-state index contributed by atoms with van der Waals surface area (Å²) in [7, 11) is -2.25.